The van der Waals surface area contributed by atoms with E-state index >= 15 is 0 Å². The summed E-state index contributed by atoms with van der Waals surface area (Å²) < 4.78 is 11.5. The number of carbonyl (C=O) groups is 3. The van der Waals surface area contributed by atoms with Gasteiger partial charge in [0.1, 0.15) is 11.5 Å². The number of aryl methyl sites for hydroxylation is 1. The Morgan fingerprint density at radius 2 is 1.22 bits per heavy atom. The first kappa shape index (κ1) is 34.2. The molecule has 0 atom stereocenters. The van der Waals surface area contributed by atoms with E-state index in [1.807, 2.05) is 13.0 Å². The van der Waals surface area contributed by atoms with Crippen molar-refractivity contribution < 1.29 is 23.9 Å². The smallest absolute Gasteiger partial charge is 0.255 e. The van der Waals surface area contributed by atoms with Gasteiger partial charge in [-0.15, -0.1) is 0 Å². The van der Waals surface area contributed by atoms with E-state index in [1.54, 1.807) is 66.7 Å². The molecule has 0 aliphatic carbocycles. The predicted octanol–water partition coefficient (Wildman–Crippen LogP) is 6.41. The highest BCUT2D eigenvalue weighted by Gasteiger charge is 2.11. The lowest BCUT2D eigenvalue weighted by molar-refractivity contribution is -0.116. The molecule has 3 aromatic carbocycles. The van der Waals surface area contributed by atoms with Crippen LogP contribution in [0.2, 0.25) is 0 Å². The molecule has 3 rings (SSSR count). The Kier molecular flexibility index (Phi) is 14.0. The summed E-state index contributed by atoms with van der Waals surface area (Å²) in [6.07, 6.45) is 6.34. The molecule has 0 aliphatic heterocycles. The fourth-order valence-corrected chi connectivity index (χ4v) is 4.12. The Hall–Kier alpha value is -5.31. The average Bonchev–Trinajstić information content (AvgIpc) is 3.05. The van der Waals surface area contributed by atoms with Crippen molar-refractivity contribution in [1.29, 1.82) is 0 Å². The van der Waals surface area contributed by atoms with Gasteiger partial charge in [-0.1, -0.05) is 19.7 Å². The molecule has 9 nitrogen and oxygen atoms in total. The number of hydrogen-bond acceptors (Lipinski definition) is 6. The lowest BCUT2D eigenvalue weighted by Gasteiger charge is -2.12. The van der Waals surface area contributed by atoms with Crippen molar-refractivity contribution in [1.82, 2.24) is 10.6 Å². The summed E-state index contributed by atoms with van der Waals surface area (Å²) in [6.45, 7) is 15.2. The number of allylic oxidation sites excluding steroid dienone is 1. The Labute approximate surface area is 265 Å². The molecule has 3 amide bonds. The van der Waals surface area contributed by atoms with Gasteiger partial charge in [-0.2, -0.15) is 0 Å². The number of ether oxygens (including phenoxy) is 2. The molecule has 0 fully saturated rings. The summed E-state index contributed by atoms with van der Waals surface area (Å²) >= 11 is 0. The third-order valence-corrected chi connectivity index (χ3v) is 6.73. The lowest BCUT2D eigenvalue weighted by Crippen LogP contribution is -2.22. The molecule has 3 aromatic rings. The summed E-state index contributed by atoms with van der Waals surface area (Å²) in [6, 6.07) is 19.2. The van der Waals surface area contributed by atoms with Gasteiger partial charge in [0, 0.05) is 41.3 Å². The predicted molar refractivity (Wildman–Crippen MR) is 180 cm³/mol. The van der Waals surface area contributed by atoms with Gasteiger partial charge in [0.2, 0.25) is 5.91 Å². The molecular formula is C36H42N4O5. The van der Waals surface area contributed by atoms with Crippen LogP contribution in [0.3, 0.4) is 0 Å². The minimum Gasteiger partial charge on any atom is -0.494 e. The van der Waals surface area contributed by atoms with Gasteiger partial charge >= 0.3 is 0 Å². The van der Waals surface area contributed by atoms with Crippen molar-refractivity contribution in [2.75, 3.05) is 36.9 Å². The lowest BCUT2D eigenvalue weighted by atomic mass is 10.1. The Morgan fingerprint density at radius 1 is 0.689 bits per heavy atom. The van der Waals surface area contributed by atoms with Crippen LogP contribution in [0.5, 0.6) is 11.5 Å². The highest BCUT2D eigenvalue weighted by Crippen LogP contribution is 2.22. The van der Waals surface area contributed by atoms with Gasteiger partial charge in [-0.25, -0.2) is 0 Å². The van der Waals surface area contributed by atoms with Gasteiger partial charge in [-0.3, -0.25) is 14.4 Å². The van der Waals surface area contributed by atoms with Gasteiger partial charge in [0.15, 0.2) is 0 Å². The van der Waals surface area contributed by atoms with Gasteiger partial charge < -0.3 is 30.7 Å². The zero-order chi connectivity index (χ0) is 32.4. The maximum absolute atomic E-state index is 12.8. The van der Waals surface area contributed by atoms with Crippen molar-refractivity contribution in [3.05, 3.63) is 121 Å². The third-order valence-electron chi connectivity index (χ3n) is 6.73. The molecule has 0 saturated heterocycles. The zero-order valence-electron chi connectivity index (χ0n) is 25.8. The number of hydrogen-bond donors (Lipinski definition) is 4. The molecular weight excluding hydrogens is 568 g/mol. The second kappa shape index (κ2) is 18.4. The molecule has 0 saturated carbocycles. The maximum Gasteiger partial charge on any atom is 0.255 e. The van der Waals surface area contributed by atoms with Crippen molar-refractivity contribution in [2.45, 2.75) is 32.6 Å². The summed E-state index contributed by atoms with van der Waals surface area (Å²) in [5.41, 5.74) is 3.88. The molecule has 4 N–H and O–H groups in total. The monoisotopic (exact) mass is 610 g/mol. The molecule has 0 bridgehead atoms. The van der Waals surface area contributed by atoms with Crippen molar-refractivity contribution >= 4 is 29.1 Å². The molecule has 9 heteroatoms. The number of amides is 3. The van der Waals surface area contributed by atoms with E-state index in [9.17, 15) is 14.4 Å². The first-order valence-corrected chi connectivity index (χ1v) is 14.9. The number of carbonyl (C=O) groups excluding carboxylic acids is 3. The summed E-state index contributed by atoms with van der Waals surface area (Å²) in [5, 5.41) is 11.7. The standard InChI is InChI=1S/C36H42N4O5/c1-5-27(4)37-21-7-9-23-44-31-16-11-28(12-17-31)35(42)39-30-15-20-33(26(3)25-30)40-36(43)29-13-18-32(19-14-29)45-24-10-8-22-38-34(41)6-2/h5-6,11-20,25,37H,1-2,4,7-10,21-24H2,3H3,(H,38,41)(H,39,42)(H,40,43). The van der Waals surface area contributed by atoms with Crippen molar-refractivity contribution in [2.24, 2.45) is 0 Å². The normalized spacial score (nSPS) is 10.2. The molecule has 0 spiro atoms. The van der Waals surface area contributed by atoms with E-state index in [-0.39, 0.29) is 17.7 Å². The molecule has 0 aliphatic rings. The third kappa shape index (κ3) is 12.1. The largest absolute Gasteiger partial charge is 0.494 e. The zero-order valence-corrected chi connectivity index (χ0v) is 25.8. The van der Waals surface area contributed by atoms with E-state index in [1.165, 1.54) is 6.08 Å². The first-order chi connectivity index (χ1) is 21.8. The number of benzene rings is 3. The van der Waals surface area contributed by atoms with E-state index in [0.29, 0.717) is 53.8 Å². The Bertz CT molecular complexity index is 1470. The number of anilines is 2. The highest BCUT2D eigenvalue weighted by molar-refractivity contribution is 6.06. The molecule has 45 heavy (non-hydrogen) atoms. The number of rotatable bonds is 19. The Balaban J connectivity index is 1.41. The molecule has 236 valence electrons. The minimum atomic E-state index is -0.253. The van der Waals surface area contributed by atoms with Crippen molar-refractivity contribution in [3.8, 4) is 11.5 Å². The molecule has 0 unspecified atom stereocenters. The van der Waals surface area contributed by atoms with Crippen molar-refractivity contribution in [3.63, 3.8) is 0 Å². The Morgan fingerprint density at radius 3 is 1.73 bits per heavy atom. The average molecular weight is 611 g/mol. The SMILES string of the molecule is C=CC(=C)NCCCCOc1ccc(C(=O)Nc2ccc(NC(=O)c3ccc(OCCCCNC(=O)C=C)cc3)c(C)c2)cc1. The number of nitrogens with one attached hydrogen (secondary N) is 4. The van der Waals surface area contributed by atoms with Gasteiger partial charge in [0.05, 0.1) is 13.2 Å². The molecule has 0 aromatic heterocycles. The second-order valence-corrected chi connectivity index (χ2v) is 10.2. The quantitative estimate of drug-likeness (QED) is 0.0708. The fourth-order valence-electron chi connectivity index (χ4n) is 4.12. The summed E-state index contributed by atoms with van der Waals surface area (Å²) in [7, 11) is 0. The maximum atomic E-state index is 12.8. The number of unbranched alkanes of at least 4 members (excludes halogenated alkanes) is 2. The van der Waals surface area contributed by atoms with Gasteiger partial charge in [-0.05, 0) is 117 Å². The van der Waals surface area contributed by atoms with Crippen LogP contribution in [0.4, 0.5) is 11.4 Å². The first-order valence-electron chi connectivity index (χ1n) is 14.9. The molecule has 0 radical (unpaired) electrons. The summed E-state index contributed by atoms with van der Waals surface area (Å²) in [5.74, 6) is 0.686. The highest BCUT2D eigenvalue weighted by atomic mass is 16.5. The van der Waals surface area contributed by atoms with Crippen LogP contribution in [0.25, 0.3) is 0 Å². The van der Waals surface area contributed by atoms with Crippen LogP contribution in [0, 0.1) is 6.92 Å². The van der Waals surface area contributed by atoms with Crippen LogP contribution in [-0.2, 0) is 4.79 Å². The van der Waals surface area contributed by atoms with E-state index in [2.05, 4.69) is 41.0 Å². The molecule has 0 heterocycles. The van der Waals surface area contributed by atoms with Crippen LogP contribution in [0.1, 0.15) is 52.0 Å². The van der Waals surface area contributed by atoms with Gasteiger partial charge in [0.25, 0.3) is 11.8 Å². The topological polar surface area (TPSA) is 118 Å². The van der Waals surface area contributed by atoms with Crippen LogP contribution >= 0.6 is 0 Å². The minimum absolute atomic E-state index is 0.185. The van der Waals surface area contributed by atoms with E-state index in [0.717, 1.165) is 43.5 Å². The fraction of sp³-hybridized carbons (Fsp3) is 0.250. The second-order valence-electron chi connectivity index (χ2n) is 10.2. The van der Waals surface area contributed by atoms with Crippen LogP contribution in [-0.4, -0.2) is 44.0 Å². The van der Waals surface area contributed by atoms with E-state index in [4.69, 9.17) is 9.47 Å². The van der Waals surface area contributed by atoms with Crippen LogP contribution < -0.4 is 30.7 Å². The van der Waals surface area contributed by atoms with E-state index < -0.39 is 0 Å². The summed E-state index contributed by atoms with van der Waals surface area (Å²) in [4.78, 5) is 36.8. The van der Waals surface area contributed by atoms with Crippen LogP contribution in [0.15, 0.2) is 104 Å².